The summed E-state index contributed by atoms with van der Waals surface area (Å²) in [5, 5.41) is 9.55. The lowest BCUT2D eigenvalue weighted by Gasteiger charge is -2.42. The van der Waals surface area contributed by atoms with E-state index in [4.69, 9.17) is 0 Å². The van der Waals surface area contributed by atoms with Crippen LogP contribution in [0.3, 0.4) is 0 Å². The quantitative estimate of drug-likeness (QED) is 0.867. The molecule has 2 heteroatoms. The predicted octanol–water partition coefficient (Wildman–Crippen LogP) is 2.53. The second kappa shape index (κ2) is 5.65. The molecule has 1 aromatic carbocycles. The van der Waals surface area contributed by atoms with E-state index in [0.717, 1.165) is 19.0 Å². The number of likely N-dealkylation sites (tertiary alicyclic amines) is 1. The van der Waals surface area contributed by atoms with Crippen molar-refractivity contribution in [3.05, 3.63) is 35.9 Å². The summed E-state index contributed by atoms with van der Waals surface area (Å²) in [5.74, 6) is 1.32. The molecule has 1 aliphatic heterocycles. The Morgan fingerprint density at radius 3 is 2.59 bits per heavy atom. The second-order valence-electron chi connectivity index (χ2n) is 5.48. The molecule has 1 fully saturated rings. The molecular weight excluding hydrogens is 210 g/mol. The molecule has 1 aliphatic rings. The zero-order valence-electron chi connectivity index (χ0n) is 10.8. The smallest absolute Gasteiger partial charge is 0.0589 e. The molecule has 3 atom stereocenters. The van der Waals surface area contributed by atoms with Crippen LogP contribution >= 0.6 is 0 Å². The molecular formula is C15H23NO. The van der Waals surface area contributed by atoms with Gasteiger partial charge < -0.3 is 5.11 Å². The lowest BCUT2D eigenvalue weighted by Crippen LogP contribution is -2.48. The number of rotatable bonds is 3. The molecule has 1 saturated heterocycles. The van der Waals surface area contributed by atoms with E-state index in [1.54, 1.807) is 0 Å². The van der Waals surface area contributed by atoms with E-state index in [1.807, 2.05) is 0 Å². The topological polar surface area (TPSA) is 23.5 Å². The highest BCUT2D eigenvalue weighted by atomic mass is 16.3. The van der Waals surface area contributed by atoms with E-state index in [2.05, 4.69) is 49.1 Å². The van der Waals surface area contributed by atoms with Crippen LogP contribution in [0.25, 0.3) is 0 Å². The van der Waals surface area contributed by atoms with Gasteiger partial charge in [0.05, 0.1) is 6.61 Å². The SMILES string of the molecule is CC1CC(C)C(CO)N(Cc2ccccc2)C1. The van der Waals surface area contributed by atoms with Crippen LogP contribution in [-0.4, -0.2) is 29.2 Å². The lowest BCUT2D eigenvalue weighted by molar-refractivity contribution is 0.0244. The fourth-order valence-electron chi connectivity index (χ4n) is 3.06. The van der Waals surface area contributed by atoms with Gasteiger partial charge in [-0.25, -0.2) is 0 Å². The maximum atomic E-state index is 9.55. The van der Waals surface area contributed by atoms with Crippen LogP contribution in [0, 0.1) is 11.8 Å². The largest absolute Gasteiger partial charge is 0.395 e. The highest BCUT2D eigenvalue weighted by Gasteiger charge is 2.31. The van der Waals surface area contributed by atoms with Crippen molar-refractivity contribution in [1.82, 2.24) is 4.90 Å². The van der Waals surface area contributed by atoms with Gasteiger partial charge in [-0.15, -0.1) is 0 Å². The van der Waals surface area contributed by atoms with Crippen molar-refractivity contribution < 1.29 is 5.11 Å². The van der Waals surface area contributed by atoms with Gasteiger partial charge >= 0.3 is 0 Å². The van der Waals surface area contributed by atoms with E-state index in [1.165, 1.54) is 12.0 Å². The zero-order chi connectivity index (χ0) is 12.3. The third-order valence-corrected chi connectivity index (χ3v) is 3.86. The van der Waals surface area contributed by atoms with Crippen LogP contribution in [-0.2, 0) is 6.54 Å². The predicted molar refractivity (Wildman–Crippen MR) is 70.7 cm³/mol. The number of benzene rings is 1. The molecule has 0 saturated carbocycles. The maximum Gasteiger partial charge on any atom is 0.0589 e. The molecule has 0 spiro atoms. The molecule has 1 heterocycles. The highest BCUT2D eigenvalue weighted by Crippen LogP contribution is 2.28. The average Bonchev–Trinajstić information content (AvgIpc) is 2.30. The van der Waals surface area contributed by atoms with Crippen LogP contribution in [0.2, 0.25) is 0 Å². The zero-order valence-corrected chi connectivity index (χ0v) is 10.8. The lowest BCUT2D eigenvalue weighted by atomic mass is 9.85. The van der Waals surface area contributed by atoms with Crippen molar-refractivity contribution in [2.24, 2.45) is 11.8 Å². The van der Waals surface area contributed by atoms with Gasteiger partial charge in [0.15, 0.2) is 0 Å². The number of nitrogens with zero attached hydrogens (tertiary/aromatic N) is 1. The molecule has 17 heavy (non-hydrogen) atoms. The van der Waals surface area contributed by atoms with Gasteiger partial charge in [-0.05, 0) is 23.8 Å². The van der Waals surface area contributed by atoms with Crippen molar-refractivity contribution in [2.45, 2.75) is 32.9 Å². The van der Waals surface area contributed by atoms with Gasteiger partial charge in [-0.2, -0.15) is 0 Å². The first-order valence-corrected chi connectivity index (χ1v) is 6.59. The van der Waals surface area contributed by atoms with E-state index in [9.17, 15) is 5.11 Å². The Morgan fingerprint density at radius 2 is 1.94 bits per heavy atom. The molecule has 0 aromatic heterocycles. The van der Waals surface area contributed by atoms with Crippen molar-refractivity contribution in [3.63, 3.8) is 0 Å². The van der Waals surface area contributed by atoms with Crippen LogP contribution in [0.4, 0.5) is 0 Å². The highest BCUT2D eigenvalue weighted by molar-refractivity contribution is 5.14. The first kappa shape index (κ1) is 12.6. The maximum absolute atomic E-state index is 9.55. The van der Waals surface area contributed by atoms with Gasteiger partial charge in [-0.3, -0.25) is 4.90 Å². The molecule has 0 bridgehead atoms. The van der Waals surface area contributed by atoms with Crippen molar-refractivity contribution in [1.29, 1.82) is 0 Å². The molecule has 2 nitrogen and oxygen atoms in total. The van der Waals surface area contributed by atoms with E-state index in [-0.39, 0.29) is 6.61 Å². The van der Waals surface area contributed by atoms with Gasteiger partial charge in [0.1, 0.15) is 0 Å². The Hall–Kier alpha value is -0.860. The normalized spacial score (nSPS) is 30.4. The molecule has 94 valence electrons. The van der Waals surface area contributed by atoms with Crippen molar-refractivity contribution >= 4 is 0 Å². The summed E-state index contributed by atoms with van der Waals surface area (Å²) in [6, 6.07) is 10.9. The van der Waals surface area contributed by atoms with E-state index < -0.39 is 0 Å². The molecule has 1 N–H and O–H groups in total. The standard InChI is InChI=1S/C15H23NO/c1-12-8-13(2)15(11-17)16(9-12)10-14-6-4-3-5-7-14/h3-7,12-13,15,17H,8-11H2,1-2H3. The number of hydrogen-bond donors (Lipinski definition) is 1. The number of aliphatic hydroxyl groups is 1. The number of piperidine rings is 1. The fourth-order valence-corrected chi connectivity index (χ4v) is 3.06. The third-order valence-electron chi connectivity index (χ3n) is 3.86. The molecule has 0 amide bonds. The summed E-state index contributed by atoms with van der Waals surface area (Å²) in [4.78, 5) is 2.44. The number of aliphatic hydroxyl groups excluding tert-OH is 1. The first-order valence-electron chi connectivity index (χ1n) is 6.59. The van der Waals surface area contributed by atoms with Gasteiger partial charge in [0, 0.05) is 19.1 Å². The van der Waals surface area contributed by atoms with Crippen LogP contribution in [0.5, 0.6) is 0 Å². The van der Waals surface area contributed by atoms with Gasteiger partial charge in [0.2, 0.25) is 0 Å². The molecule has 3 unspecified atom stereocenters. The molecule has 2 rings (SSSR count). The fraction of sp³-hybridized carbons (Fsp3) is 0.600. The molecule has 0 radical (unpaired) electrons. The molecule has 1 aromatic rings. The van der Waals surface area contributed by atoms with Crippen LogP contribution < -0.4 is 0 Å². The monoisotopic (exact) mass is 233 g/mol. The van der Waals surface area contributed by atoms with Gasteiger partial charge in [-0.1, -0.05) is 44.2 Å². The summed E-state index contributed by atoms with van der Waals surface area (Å²) in [6.07, 6.45) is 1.23. The van der Waals surface area contributed by atoms with E-state index >= 15 is 0 Å². The van der Waals surface area contributed by atoms with Gasteiger partial charge in [0.25, 0.3) is 0 Å². The summed E-state index contributed by atoms with van der Waals surface area (Å²) >= 11 is 0. The summed E-state index contributed by atoms with van der Waals surface area (Å²) < 4.78 is 0. The minimum absolute atomic E-state index is 0.278. The Bertz CT molecular complexity index is 338. The average molecular weight is 233 g/mol. The summed E-state index contributed by atoms with van der Waals surface area (Å²) in [7, 11) is 0. The van der Waals surface area contributed by atoms with Crippen molar-refractivity contribution in [2.75, 3.05) is 13.2 Å². The Balaban J connectivity index is 2.07. The van der Waals surface area contributed by atoms with Crippen molar-refractivity contribution in [3.8, 4) is 0 Å². The minimum Gasteiger partial charge on any atom is -0.395 e. The summed E-state index contributed by atoms with van der Waals surface area (Å²) in [6.45, 7) is 6.91. The Labute approximate surface area is 104 Å². The van der Waals surface area contributed by atoms with Crippen LogP contribution in [0.15, 0.2) is 30.3 Å². The first-order chi connectivity index (χ1) is 8.20. The third kappa shape index (κ3) is 3.08. The second-order valence-corrected chi connectivity index (χ2v) is 5.48. The van der Waals surface area contributed by atoms with E-state index in [0.29, 0.717) is 12.0 Å². The number of hydrogen-bond acceptors (Lipinski definition) is 2. The minimum atomic E-state index is 0.278. The van der Waals surface area contributed by atoms with Crippen LogP contribution in [0.1, 0.15) is 25.8 Å². The Kier molecular flexibility index (Phi) is 4.19. The summed E-state index contributed by atoms with van der Waals surface area (Å²) in [5.41, 5.74) is 1.34. The molecule has 0 aliphatic carbocycles. The Morgan fingerprint density at radius 1 is 1.24 bits per heavy atom.